The number of nitrogens with zero attached hydrogens (tertiary/aromatic N) is 1. The molecule has 0 aromatic heterocycles. The van der Waals surface area contributed by atoms with E-state index < -0.39 is 5.41 Å². The van der Waals surface area contributed by atoms with Gasteiger partial charge in [0.05, 0.1) is 13.2 Å². The van der Waals surface area contributed by atoms with Gasteiger partial charge >= 0.3 is 0 Å². The Kier molecular flexibility index (Phi) is 4.43. The quantitative estimate of drug-likeness (QED) is 0.673. The fourth-order valence-corrected chi connectivity index (χ4v) is 5.21. The summed E-state index contributed by atoms with van der Waals surface area (Å²) in [4.78, 5) is 28.0. The number of para-hydroxylation sites is 1. The van der Waals surface area contributed by atoms with Crippen LogP contribution in [0.15, 0.2) is 60.7 Å². The van der Waals surface area contributed by atoms with Crippen molar-refractivity contribution < 1.29 is 19.1 Å². The highest BCUT2D eigenvalue weighted by atomic mass is 16.5. The highest BCUT2D eigenvalue weighted by molar-refractivity contribution is 6.11. The average molecular weight is 440 g/mol. The average Bonchev–Trinajstić information content (AvgIpc) is 3.51. The van der Waals surface area contributed by atoms with E-state index in [-0.39, 0.29) is 18.4 Å². The Hall–Kier alpha value is -3.80. The molecule has 0 radical (unpaired) electrons. The zero-order valence-corrected chi connectivity index (χ0v) is 18.4. The maximum absolute atomic E-state index is 14.1. The van der Waals surface area contributed by atoms with Gasteiger partial charge in [0.1, 0.15) is 23.5 Å². The van der Waals surface area contributed by atoms with Crippen LogP contribution >= 0.6 is 0 Å². The molecule has 6 rings (SSSR count). The Labute approximate surface area is 192 Å². The highest BCUT2D eigenvalue weighted by Crippen LogP contribution is 2.54. The number of fused-ring (bicyclic) bond motifs is 5. The van der Waals surface area contributed by atoms with E-state index in [1.54, 1.807) is 12.1 Å². The van der Waals surface area contributed by atoms with Gasteiger partial charge in [-0.1, -0.05) is 30.3 Å². The molecule has 0 bridgehead atoms. The van der Waals surface area contributed by atoms with Gasteiger partial charge in [-0.15, -0.1) is 0 Å². The predicted octanol–water partition coefficient (Wildman–Crippen LogP) is 3.60. The topological polar surface area (TPSA) is 67.9 Å². The Morgan fingerprint density at radius 2 is 1.85 bits per heavy atom. The number of carbonyl (C=O) groups is 2. The minimum absolute atomic E-state index is 0.0223. The first-order valence-electron chi connectivity index (χ1n) is 11.3. The van der Waals surface area contributed by atoms with Gasteiger partial charge in [-0.05, 0) is 47.9 Å². The van der Waals surface area contributed by atoms with Crippen molar-refractivity contribution in [2.45, 2.75) is 25.3 Å². The van der Waals surface area contributed by atoms with E-state index in [2.05, 4.69) is 11.4 Å². The van der Waals surface area contributed by atoms with Crippen molar-refractivity contribution in [3.63, 3.8) is 0 Å². The summed E-state index contributed by atoms with van der Waals surface area (Å²) in [5.74, 6) is 1.51. The lowest BCUT2D eigenvalue weighted by molar-refractivity contribution is -0.122. The molecule has 166 valence electrons. The molecule has 6 nitrogen and oxygen atoms in total. The monoisotopic (exact) mass is 440 g/mol. The second-order valence-electron chi connectivity index (χ2n) is 8.71. The van der Waals surface area contributed by atoms with Crippen LogP contribution in [0.1, 0.15) is 39.5 Å². The molecule has 0 saturated heterocycles. The number of rotatable bonds is 4. The first-order chi connectivity index (χ1) is 16.1. The second kappa shape index (κ2) is 7.37. The summed E-state index contributed by atoms with van der Waals surface area (Å²) in [6, 6.07) is 19.4. The van der Waals surface area contributed by atoms with E-state index in [1.165, 1.54) is 0 Å². The van der Waals surface area contributed by atoms with Gasteiger partial charge < -0.3 is 19.7 Å². The summed E-state index contributed by atoms with van der Waals surface area (Å²) >= 11 is 0. The molecule has 0 saturated carbocycles. The molecule has 3 heterocycles. The normalized spacial score (nSPS) is 19.7. The molecular formula is C27H24N2O4. The molecule has 33 heavy (non-hydrogen) atoms. The summed E-state index contributed by atoms with van der Waals surface area (Å²) in [6.45, 7) is 3.85. The lowest BCUT2D eigenvalue weighted by Crippen LogP contribution is -2.42. The molecule has 1 N–H and O–H groups in total. The fraction of sp³-hybridized carbons (Fsp3) is 0.259. The van der Waals surface area contributed by atoms with Crippen LogP contribution in [0.3, 0.4) is 0 Å². The predicted molar refractivity (Wildman–Crippen MR) is 124 cm³/mol. The van der Waals surface area contributed by atoms with Crippen LogP contribution in [0, 0.1) is 0 Å². The van der Waals surface area contributed by atoms with Crippen LogP contribution < -0.4 is 19.7 Å². The Morgan fingerprint density at radius 1 is 1.03 bits per heavy atom. The number of carbonyl (C=O) groups excluding carboxylic acids is 2. The number of ether oxygens (including phenoxy) is 2. The molecule has 0 fully saturated rings. The van der Waals surface area contributed by atoms with Crippen molar-refractivity contribution in [3.8, 4) is 11.5 Å². The Balaban J connectivity index is 1.38. The van der Waals surface area contributed by atoms with Crippen molar-refractivity contribution >= 4 is 17.5 Å². The number of anilines is 1. The largest absolute Gasteiger partial charge is 0.493 e. The molecule has 1 unspecified atom stereocenters. The third-order valence-electron chi connectivity index (χ3n) is 6.85. The molecule has 1 spiro atoms. The van der Waals surface area contributed by atoms with Gasteiger partial charge in [-0.2, -0.15) is 0 Å². The van der Waals surface area contributed by atoms with Crippen LogP contribution in [0.4, 0.5) is 5.69 Å². The maximum Gasteiger partial charge on any atom is 0.251 e. The van der Waals surface area contributed by atoms with Crippen molar-refractivity contribution in [2.75, 3.05) is 24.7 Å². The number of hydrogen-bond donors (Lipinski definition) is 1. The van der Waals surface area contributed by atoms with Gasteiger partial charge in [-0.25, -0.2) is 0 Å². The van der Waals surface area contributed by atoms with Gasteiger partial charge in [0.15, 0.2) is 0 Å². The van der Waals surface area contributed by atoms with E-state index in [0.717, 1.165) is 45.9 Å². The van der Waals surface area contributed by atoms with Crippen molar-refractivity contribution in [1.29, 1.82) is 0 Å². The van der Waals surface area contributed by atoms with E-state index >= 15 is 0 Å². The third kappa shape index (κ3) is 2.86. The third-order valence-corrected chi connectivity index (χ3v) is 6.85. The number of hydrogen-bond acceptors (Lipinski definition) is 4. The lowest BCUT2D eigenvalue weighted by Gasteiger charge is -2.23. The fourth-order valence-electron chi connectivity index (χ4n) is 5.21. The van der Waals surface area contributed by atoms with Crippen LogP contribution in [-0.4, -0.2) is 31.6 Å². The zero-order valence-electron chi connectivity index (χ0n) is 18.4. The van der Waals surface area contributed by atoms with E-state index in [0.29, 0.717) is 25.3 Å². The Morgan fingerprint density at radius 3 is 2.67 bits per heavy atom. The molecule has 3 aliphatic heterocycles. The summed E-state index contributed by atoms with van der Waals surface area (Å²) in [5.41, 5.74) is 4.67. The standard InChI is InChI=1S/C27H24N2O4/c1-2-28-25(30)18-9-7-17(8-10-18)15-29-22-6-4-3-5-20(22)27(26(29)31)16-33-24-14-23-19(11-12-32-23)13-21(24)27/h3-10,13-14H,2,11-12,15-16H2,1H3,(H,28,30). The van der Waals surface area contributed by atoms with Crippen LogP contribution in [0.2, 0.25) is 0 Å². The molecule has 6 heteroatoms. The maximum atomic E-state index is 14.1. The smallest absolute Gasteiger partial charge is 0.251 e. The zero-order chi connectivity index (χ0) is 22.6. The van der Waals surface area contributed by atoms with Crippen molar-refractivity contribution in [1.82, 2.24) is 5.32 Å². The number of amides is 2. The molecule has 1 atom stereocenters. The van der Waals surface area contributed by atoms with Crippen LogP contribution in [-0.2, 0) is 23.2 Å². The highest BCUT2D eigenvalue weighted by Gasteiger charge is 2.57. The molecule has 3 aromatic carbocycles. The first-order valence-corrected chi connectivity index (χ1v) is 11.3. The summed E-state index contributed by atoms with van der Waals surface area (Å²) in [6.07, 6.45) is 0.843. The summed E-state index contributed by atoms with van der Waals surface area (Å²) in [5, 5.41) is 2.81. The summed E-state index contributed by atoms with van der Waals surface area (Å²) < 4.78 is 11.8. The second-order valence-corrected chi connectivity index (χ2v) is 8.71. The van der Waals surface area contributed by atoms with Crippen LogP contribution in [0.5, 0.6) is 11.5 Å². The molecule has 0 aliphatic carbocycles. The minimum atomic E-state index is -0.843. The molecule has 3 aromatic rings. The van der Waals surface area contributed by atoms with Gasteiger partial charge in [0, 0.05) is 35.8 Å². The molecule has 2 amide bonds. The van der Waals surface area contributed by atoms with Crippen molar-refractivity contribution in [3.05, 3.63) is 88.5 Å². The lowest BCUT2D eigenvalue weighted by atomic mass is 9.76. The van der Waals surface area contributed by atoms with Crippen molar-refractivity contribution in [2.24, 2.45) is 0 Å². The van der Waals surface area contributed by atoms with E-state index in [9.17, 15) is 9.59 Å². The number of nitrogens with one attached hydrogen (secondary N) is 1. The van der Waals surface area contributed by atoms with Gasteiger partial charge in [0.2, 0.25) is 5.91 Å². The van der Waals surface area contributed by atoms with Gasteiger partial charge in [-0.3, -0.25) is 9.59 Å². The van der Waals surface area contributed by atoms with Gasteiger partial charge in [0.25, 0.3) is 5.91 Å². The SMILES string of the molecule is CCNC(=O)c1ccc(CN2C(=O)C3(COc4cc5c(cc43)CCO5)c3ccccc32)cc1. The summed E-state index contributed by atoms with van der Waals surface area (Å²) in [7, 11) is 0. The first kappa shape index (κ1) is 19.9. The minimum Gasteiger partial charge on any atom is -0.493 e. The van der Waals surface area contributed by atoms with Crippen LogP contribution in [0.25, 0.3) is 0 Å². The molecule has 3 aliphatic rings. The number of benzene rings is 3. The van der Waals surface area contributed by atoms with E-state index in [1.807, 2.05) is 54.3 Å². The Bertz CT molecular complexity index is 1280. The van der Waals surface area contributed by atoms with E-state index in [4.69, 9.17) is 9.47 Å². The molecular weight excluding hydrogens is 416 g/mol.